The second kappa shape index (κ2) is 2.29. The lowest BCUT2D eigenvalue weighted by atomic mass is 10.2. The number of nitrogens with one attached hydrogen (secondary N) is 1. The van der Waals surface area contributed by atoms with Crippen molar-refractivity contribution < 1.29 is 4.74 Å². The fraction of sp³-hybridized carbons (Fsp3) is 0.125. The molecule has 5 heteroatoms. The van der Waals surface area contributed by atoms with E-state index in [-0.39, 0.29) is 0 Å². The summed E-state index contributed by atoms with van der Waals surface area (Å²) in [6, 6.07) is 0. The molecule has 0 saturated heterocycles. The molecule has 3 rings (SSSR count). The van der Waals surface area contributed by atoms with E-state index in [0.717, 1.165) is 17.1 Å². The smallest absolute Gasteiger partial charge is 0.166 e. The van der Waals surface area contributed by atoms with E-state index in [4.69, 9.17) is 4.74 Å². The van der Waals surface area contributed by atoms with Gasteiger partial charge in [-0.05, 0) is 0 Å². The highest BCUT2D eigenvalue weighted by Gasteiger charge is 2.20. The van der Waals surface area contributed by atoms with E-state index >= 15 is 0 Å². The number of hydrogen-bond acceptors (Lipinski definition) is 4. The third-order valence-electron chi connectivity index (χ3n) is 1.99. The Morgan fingerprint density at radius 1 is 1.31 bits per heavy atom. The molecule has 0 amide bonds. The number of nitrogens with zero attached hydrogens (tertiary/aromatic N) is 3. The van der Waals surface area contributed by atoms with Gasteiger partial charge in [0, 0.05) is 0 Å². The van der Waals surface area contributed by atoms with Crippen molar-refractivity contribution in [3.05, 3.63) is 24.5 Å². The lowest BCUT2D eigenvalue weighted by Gasteiger charge is -2.13. The molecule has 0 aromatic carbocycles. The summed E-state index contributed by atoms with van der Waals surface area (Å²) in [5.74, 6) is 0.696. The van der Waals surface area contributed by atoms with E-state index in [1.165, 1.54) is 6.33 Å². The molecule has 0 radical (unpaired) electrons. The quantitative estimate of drug-likeness (QED) is 0.640. The standard InChI is InChI=1S/C8H6N4O/c1-6-8(11-3-9-1)7-5(2-13-6)10-4-12-7/h1,3-4H,2H2,(H,10,12). The summed E-state index contributed by atoms with van der Waals surface area (Å²) in [7, 11) is 0. The number of ether oxygens (including phenoxy) is 1. The van der Waals surface area contributed by atoms with Gasteiger partial charge in [-0.15, -0.1) is 0 Å². The molecule has 3 heterocycles. The third kappa shape index (κ3) is 0.837. The molecular formula is C8H6N4O. The number of aromatic nitrogens is 4. The van der Waals surface area contributed by atoms with Crippen molar-refractivity contribution in [2.24, 2.45) is 0 Å². The molecule has 2 aromatic heterocycles. The molecule has 1 N–H and O–H groups in total. The highest BCUT2D eigenvalue weighted by atomic mass is 16.5. The van der Waals surface area contributed by atoms with Gasteiger partial charge in [-0.2, -0.15) is 0 Å². The van der Waals surface area contributed by atoms with Gasteiger partial charge in [-0.3, -0.25) is 0 Å². The highest BCUT2D eigenvalue weighted by Crippen LogP contribution is 2.31. The molecule has 0 aliphatic carbocycles. The number of imidazole rings is 1. The van der Waals surface area contributed by atoms with E-state index in [0.29, 0.717) is 12.4 Å². The van der Waals surface area contributed by atoms with Gasteiger partial charge in [0.1, 0.15) is 24.3 Å². The summed E-state index contributed by atoms with van der Waals surface area (Å²) < 4.78 is 5.41. The van der Waals surface area contributed by atoms with Crippen LogP contribution in [0.1, 0.15) is 5.69 Å². The summed E-state index contributed by atoms with van der Waals surface area (Å²) in [4.78, 5) is 15.2. The largest absolute Gasteiger partial charge is 0.483 e. The zero-order chi connectivity index (χ0) is 8.67. The van der Waals surface area contributed by atoms with Gasteiger partial charge in [-0.25, -0.2) is 15.0 Å². The Bertz CT molecular complexity index is 451. The SMILES string of the molecule is c1ncc2c(n1)-c1nc[nH]c1CO2. The highest BCUT2D eigenvalue weighted by molar-refractivity contribution is 5.65. The first-order chi connectivity index (χ1) is 6.45. The first-order valence-corrected chi connectivity index (χ1v) is 3.90. The minimum absolute atomic E-state index is 0.510. The number of H-pyrrole nitrogens is 1. The Kier molecular flexibility index (Phi) is 1.16. The molecule has 1 aliphatic heterocycles. The molecule has 0 spiro atoms. The van der Waals surface area contributed by atoms with Gasteiger partial charge in [0.15, 0.2) is 5.75 Å². The van der Waals surface area contributed by atoms with Crippen molar-refractivity contribution in [1.29, 1.82) is 0 Å². The minimum Gasteiger partial charge on any atom is -0.483 e. The Hall–Kier alpha value is -1.91. The van der Waals surface area contributed by atoms with Crippen molar-refractivity contribution in [3.8, 4) is 17.1 Å². The Balaban J connectivity index is 2.30. The van der Waals surface area contributed by atoms with Gasteiger partial charge in [0.2, 0.25) is 0 Å². The average molecular weight is 174 g/mol. The molecular weight excluding hydrogens is 168 g/mol. The number of aromatic amines is 1. The topological polar surface area (TPSA) is 63.7 Å². The van der Waals surface area contributed by atoms with Gasteiger partial charge < -0.3 is 9.72 Å². The van der Waals surface area contributed by atoms with Crippen molar-refractivity contribution in [3.63, 3.8) is 0 Å². The minimum atomic E-state index is 0.510. The van der Waals surface area contributed by atoms with Crippen LogP contribution in [0.15, 0.2) is 18.9 Å². The maximum Gasteiger partial charge on any atom is 0.166 e. The molecule has 13 heavy (non-hydrogen) atoms. The monoisotopic (exact) mass is 174 g/mol. The molecule has 0 saturated carbocycles. The van der Waals surface area contributed by atoms with Crippen LogP contribution in [0.2, 0.25) is 0 Å². The third-order valence-corrected chi connectivity index (χ3v) is 1.99. The Morgan fingerprint density at radius 3 is 3.31 bits per heavy atom. The van der Waals surface area contributed by atoms with Crippen molar-refractivity contribution >= 4 is 0 Å². The van der Waals surface area contributed by atoms with Gasteiger partial charge in [-0.1, -0.05) is 0 Å². The van der Waals surface area contributed by atoms with Crippen molar-refractivity contribution in [1.82, 2.24) is 19.9 Å². The molecule has 64 valence electrons. The van der Waals surface area contributed by atoms with Crippen molar-refractivity contribution in [2.45, 2.75) is 6.61 Å². The molecule has 0 atom stereocenters. The predicted octanol–water partition coefficient (Wildman–Crippen LogP) is 0.759. The summed E-state index contributed by atoms with van der Waals surface area (Å²) in [6.07, 6.45) is 4.79. The van der Waals surface area contributed by atoms with Crippen LogP contribution in [-0.4, -0.2) is 19.9 Å². The van der Waals surface area contributed by atoms with Crippen LogP contribution in [0, 0.1) is 0 Å². The Labute approximate surface area is 73.8 Å². The van der Waals surface area contributed by atoms with Crippen LogP contribution in [0.3, 0.4) is 0 Å². The van der Waals surface area contributed by atoms with Crippen LogP contribution < -0.4 is 4.74 Å². The zero-order valence-electron chi connectivity index (χ0n) is 6.69. The van der Waals surface area contributed by atoms with Crippen LogP contribution in [0.4, 0.5) is 0 Å². The maximum atomic E-state index is 5.41. The van der Waals surface area contributed by atoms with Crippen LogP contribution in [-0.2, 0) is 6.61 Å². The summed E-state index contributed by atoms with van der Waals surface area (Å²) in [6.45, 7) is 0.510. The van der Waals surface area contributed by atoms with Gasteiger partial charge in [0.05, 0.1) is 18.2 Å². The molecule has 2 aromatic rings. The van der Waals surface area contributed by atoms with Crippen LogP contribution >= 0.6 is 0 Å². The first kappa shape index (κ1) is 6.59. The molecule has 1 aliphatic rings. The van der Waals surface area contributed by atoms with Gasteiger partial charge >= 0.3 is 0 Å². The molecule has 5 nitrogen and oxygen atoms in total. The number of hydrogen-bond donors (Lipinski definition) is 1. The average Bonchev–Trinajstić information content (AvgIpc) is 2.65. The van der Waals surface area contributed by atoms with Crippen LogP contribution in [0.5, 0.6) is 5.75 Å². The Morgan fingerprint density at radius 2 is 2.31 bits per heavy atom. The summed E-state index contributed by atoms with van der Waals surface area (Å²) >= 11 is 0. The van der Waals surface area contributed by atoms with E-state index in [1.807, 2.05) is 0 Å². The lowest BCUT2D eigenvalue weighted by Crippen LogP contribution is -2.06. The van der Waals surface area contributed by atoms with Crippen LogP contribution in [0.25, 0.3) is 11.4 Å². The fourth-order valence-electron chi connectivity index (χ4n) is 1.39. The molecule has 0 bridgehead atoms. The zero-order valence-corrected chi connectivity index (χ0v) is 6.69. The van der Waals surface area contributed by atoms with E-state index in [9.17, 15) is 0 Å². The fourth-order valence-corrected chi connectivity index (χ4v) is 1.39. The first-order valence-electron chi connectivity index (χ1n) is 3.90. The van der Waals surface area contributed by atoms with Crippen molar-refractivity contribution in [2.75, 3.05) is 0 Å². The predicted molar refractivity (Wildman–Crippen MR) is 43.9 cm³/mol. The van der Waals surface area contributed by atoms with E-state index < -0.39 is 0 Å². The van der Waals surface area contributed by atoms with E-state index in [1.54, 1.807) is 12.5 Å². The van der Waals surface area contributed by atoms with E-state index in [2.05, 4.69) is 19.9 Å². The second-order valence-electron chi connectivity index (χ2n) is 2.75. The maximum absolute atomic E-state index is 5.41. The second-order valence-corrected chi connectivity index (χ2v) is 2.75. The number of rotatable bonds is 0. The normalized spacial score (nSPS) is 12.9. The summed E-state index contributed by atoms with van der Waals surface area (Å²) in [5.41, 5.74) is 2.59. The van der Waals surface area contributed by atoms with Gasteiger partial charge in [0.25, 0.3) is 0 Å². The summed E-state index contributed by atoms with van der Waals surface area (Å²) in [5, 5.41) is 0. The molecule has 0 fully saturated rings. The molecule has 0 unspecified atom stereocenters. The lowest BCUT2D eigenvalue weighted by molar-refractivity contribution is 0.295. The number of fused-ring (bicyclic) bond motifs is 3.